The minimum Gasteiger partial charge on any atom is -0.488 e. The average Bonchev–Trinajstić information content (AvgIpc) is 3.38. The summed E-state index contributed by atoms with van der Waals surface area (Å²) in [6, 6.07) is 16.1. The Morgan fingerprint density at radius 2 is 1.94 bits per heavy atom. The van der Waals surface area contributed by atoms with Gasteiger partial charge in [0.15, 0.2) is 0 Å². The molecule has 0 saturated carbocycles. The topological polar surface area (TPSA) is 86.0 Å². The number of ether oxygens (including phenoxy) is 2. The number of furan rings is 1. The highest BCUT2D eigenvalue weighted by molar-refractivity contribution is 8.18. The van der Waals surface area contributed by atoms with Crippen molar-refractivity contribution < 1.29 is 32.7 Å². The molecule has 0 radical (unpaired) electrons. The van der Waals surface area contributed by atoms with Crippen molar-refractivity contribution in [2.45, 2.75) is 13.2 Å². The highest BCUT2D eigenvalue weighted by Crippen LogP contribution is 2.35. The second-order valence-electron chi connectivity index (χ2n) is 6.98. The third-order valence-corrected chi connectivity index (χ3v) is 5.63. The largest absolute Gasteiger partial charge is 0.488 e. The van der Waals surface area contributed by atoms with E-state index in [0.717, 1.165) is 16.7 Å². The van der Waals surface area contributed by atoms with Crippen LogP contribution in [0.5, 0.6) is 5.75 Å². The fourth-order valence-electron chi connectivity index (χ4n) is 3.13. The molecule has 2 amide bonds. The van der Waals surface area contributed by atoms with Gasteiger partial charge in [-0.05, 0) is 53.7 Å². The van der Waals surface area contributed by atoms with Gasteiger partial charge in [0.1, 0.15) is 23.9 Å². The van der Waals surface area contributed by atoms with Gasteiger partial charge < -0.3 is 13.9 Å². The van der Waals surface area contributed by atoms with Crippen molar-refractivity contribution in [3.05, 3.63) is 94.0 Å². The minimum atomic E-state index is -0.648. The SMILES string of the molecule is COC(=O)c1ccc(CN2C(=O)SC(=Cc3ccccc3OCc3cccc(F)c3)C2=O)o1. The molecule has 4 rings (SSSR count). The van der Waals surface area contributed by atoms with Crippen LogP contribution in [0.4, 0.5) is 9.18 Å². The van der Waals surface area contributed by atoms with Crippen molar-refractivity contribution >= 4 is 35.0 Å². The molecule has 1 aromatic heterocycles. The lowest BCUT2D eigenvalue weighted by atomic mass is 10.1. The smallest absolute Gasteiger partial charge is 0.373 e. The van der Waals surface area contributed by atoms with Crippen molar-refractivity contribution in [2.75, 3.05) is 7.11 Å². The van der Waals surface area contributed by atoms with Crippen molar-refractivity contribution in [1.82, 2.24) is 4.90 Å². The molecule has 2 aromatic carbocycles. The van der Waals surface area contributed by atoms with Gasteiger partial charge in [-0.15, -0.1) is 0 Å². The van der Waals surface area contributed by atoms with E-state index in [-0.39, 0.29) is 35.4 Å². The predicted molar refractivity (Wildman–Crippen MR) is 119 cm³/mol. The summed E-state index contributed by atoms with van der Waals surface area (Å²) in [7, 11) is 1.23. The van der Waals surface area contributed by atoms with Crippen LogP contribution in [-0.2, 0) is 22.7 Å². The predicted octanol–water partition coefficient (Wildman–Crippen LogP) is 5.02. The number of esters is 1. The lowest BCUT2D eigenvalue weighted by Crippen LogP contribution is -2.27. The number of thioether (sulfide) groups is 1. The Bertz CT molecular complexity index is 1250. The Balaban J connectivity index is 1.49. The molecule has 2 heterocycles. The first-order chi connectivity index (χ1) is 15.9. The zero-order chi connectivity index (χ0) is 23.4. The van der Waals surface area contributed by atoms with E-state index in [4.69, 9.17) is 9.15 Å². The first-order valence-electron chi connectivity index (χ1n) is 9.83. The Kier molecular flexibility index (Phi) is 6.60. The molecule has 33 heavy (non-hydrogen) atoms. The number of methoxy groups -OCH3 is 1. The number of amides is 2. The average molecular weight is 467 g/mol. The lowest BCUT2D eigenvalue weighted by molar-refractivity contribution is -0.123. The lowest BCUT2D eigenvalue weighted by Gasteiger charge is -2.11. The molecule has 3 aromatic rings. The third-order valence-electron chi connectivity index (χ3n) is 4.72. The van der Waals surface area contributed by atoms with Gasteiger partial charge in [0.25, 0.3) is 11.1 Å². The van der Waals surface area contributed by atoms with Crippen LogP contribution < -0.4 is 4.74 Å². The summed E-state index contributed by atoms with van der Waals surface area (Å²) in [5.41, 5.74) is 1.26. The third kappa shape index (κ3) is 5.15. The Hall–Kier alpha value is -3.85. The molecular weight excluding hydrogens is 449 g/mol. The zero-order valence-corrected chi connectivity index (χ0v) is 18.3. The number of hydrogen-bond donors (Lipinski definition) is 0. The summed E-state index contributed by atoms with van der Waals surface area (Å²) in [6.07, 6.45) is 1.58. The standard InChI is InChI=1S/C24H18FNO6S/c1-30-23(28)20-10-9-18(32-20)13-26-22(27)21(33-24(26)29)12-16-6-2-3-8-19(16)31-14-15-5-4-7-17(25)11-15/h2-12H,13-14H2,1H3. The first kappa shape index (κ1) is 22.3. The van der Waals surface area contributed by atoms with Crippen LogP contribution in [-0.4, -0.2) is 29.1 Å². The number of carbonyl (C=O) groups excluding carboxylic acids is 3. The van der Waals surface area contributed by atoms with Gasteiger partial charge in [-0.1, -0.05) is 30.3 Å². The van der Waals surface area contributed by atoms with Crippen LogP contribution in [0, 0.1) is 5.82 Å². The summed E-state index contributed by atoms with van der Waals surface area (Å²) in [4.78, 5) is 38.1. The fourth-order valence-corrected chi connectivity index (χ4v) is 3.95. The quantitative estimate of drug-likeness (QED) is 0.356. The van der Waals surface area contributed by atoms with Crippen molar-refractivity contribution in [3.63, 3.8) is 0 Å². The minimum absolute atomic E-state index is 0.0145. The van der Waals surface area contributed by atoms with E-state index < -0.39 is 17.1 Å². The normalized spacial score (nSPS) is 14.7. The number of hydrogen-bond acceptors (Lipinski definition) is 7. The molecule has 0 N–H and O–H groups in total. The summed E-state index contributed by atoms with van der Waals surface area (Å²) in [5.74, 6) is -0.737. The number of para-hydroxylation sites is 1. The molecule has 0 spiro atoms. The molecule has 0 aliphatic carbocycles. The van der Waals surface area contributed by atoms with E-state index >= 15 is 0 Å². The molecule has 168 valence electrons. The fraction of sp³-hybridized carbons (Fsp3) is 0.125. The monoisotopic (exact) mass is 467 g/mol. The maximum atomic E-state index is 13.4. The van der Waals surface area contributed by atoms with E-state index in [1.807, 2.05) is 0 Å². The van der Waals surface area contributed by atoms with Gasteiger partial charge >= 0.3 is 5.97 Å². The number of rotatable bonds is 7. The van der Waals surface area contributed by atoms with Gasteiger partial charge in [-0.3, -0.25) is 14.5 Å². The van der Waals surface area contributed by atoms with Gasteiger partial charge in [0.05, 0.1) is 18.6 Å². The first-order valence-corrected chi connectivity index (χ1v) is 10.6. The van der Waals surface area contributed by atoms with Crippen LogP contribution in [0.2, 0.25) is 0 Å². The Morgan fingerprint density at radius 1 is 1.12 bits per heavy atom. The maximum absolute atomic E-state index is 13.4. The number of carbonyl (C=O) groups is 3. The zero-order valence-electron chi connectivity index (χ0n) is 17.4. The molecule has 0 unspecified atom stereocenters. The number of imide groups is 1. The summed E-state index contributed by atoms with van der Waals surface area (Å²) < 4.78 is 29.2. The number of benzene rings is 2. The van der Waals surface area contributed by atoms with Gasteiger partial charge in [0.2, 0.25) is 5.76 Å². The van der Waals surface area contributed by atoms with Crippen LogP contribution in [0.1, 0.15) is 27.4 Å². The summed E-state index contributed by atoms with van der Waals surface area (Å²) >= 11 is 0.799. The molecule has 1 aliphatic rings. The van der Waals surface area contributed by atoms with E-state index in [1.54, 1.807) is 42.5 Å². The highest BCUT2D eigenvalue weighted by Gasteiger charge is 2.36. The van der Waals surface area contributed by atoms with Gasteiger partial charge in [-0.25, -0.2) is 9.18 Å². The number of halogens is 1. The molecular formula is C24H18FNO6S. The van der Waals surface area contributed by atoms with E-state index in [2.05, 4.69) is 4.74 Å². The summed E-state index contributed by atoms with van der Waals surface area (Å²) in [5, 5.41) is -0.458. The number of nitrogens with zero attached hydrogens (tertiary/aromatic N) is 1. The Morgan fingerprint density at radius 3 is 2.73 bits per heavy atom. The van der Waals surface area contributed by atoms with Crippen molar-refractivity contribution in [3.8, 4) is 5.75 Å². The molecule has 0 atom stereocenters. The van der Waals surface area contributed by atoms with E-state index in [9.17, 15) is 18.8 Å². The van der Waals surface area contributed by atoms with Crippen molar-refractivity contribution in [2.24, 2.45) is 0 Å². The molecule has 1 saturated heterocycles. The van der Waals surface area contributed by atoms with Gasteiger partial charge in [0, 0.05) is 5.56 Å². The van der Waals surface area contributed by atoms with Crippen LogP contribution in [0.25, 0.3) is 6.08 Å². The van der Waals surface area contributed by atoms with Crippen LogP contribution in [0.3, 0.4) is 0 Å². The van der Waals surface area contributed by atoms with Crippen LogP contribution in [0.15, 0.2) is 70.0 Å². The second-order valence-corrected chi connectivity index (χ2v) is 7.98. The molecule has 1 fully saturated rings. The van der Waals surface area contributed by atoms with Gasteiger partial charge in [-0.2, -0.15) is 0 Å². The molecule has 1 aliphatic heterocycles. The van der Waals surface area contributed by atoms with Crippen molar-refractivity contribution in [1.29, 1.82) is 0 Å². The van der Waals surface area contributed by atoms with E-state index in [1.165, 1.54) is 31.4 Å². The van der Waals surface area contributed by atoms with Crippen LogP contribution >= 0.6 is 11.8 Å². The molecule has 9 heteroatoms. The van der Waals surface area contributed by atoms with E-state index in [0.29, 0.717) is 16.9 Å². The summed E-state index contributed by atoms with van der Waals surface area (Å²) in [6.45, 7) is 0.0296. The molecule has 7 nitrogen and oxygen atoms in total. The Labute approximate surface area is 192 Å². The highest BCUT2D eigenvalue weighted by atomic mass is 32.2. The maximum Gasteiger partial charge on any atom is 0.373 e. The molecule has 0 bridgehead atoms. The second kappa shape index (κ2) is 9.74.